The van der Waals surface area contributed by atoms with Crippen molar-refractivity contribution in [2.75, 3.05) is 22.5 Å². The molecule has 3 rings (SSSR count). The molecule has 14 nitrogen and oxygen atoms in total. The van der Waals surface area contributed by atoms with Crippen LogP contribution in [0.1, 0.15) is 15.9 Å². The molecule has 0 saturated heterocycles. The molecule has 4 N–H and O–H groups in total. The number of carbonyl (C=O) groups is 1. The number of nitrogens with one attached hydrogen (secondary N) is 3. The molecule has 0 spiro atoms. The van der Waals surface area contributed by atoms with Gasteiger partial charge in [-0.2, -0.15) is 5.10 Å². The number of carboxylic acid groups (broad SMARTS) is 1. The lowest BCUT2D eigenvalue weighted by molar-refractivity contribution is -0.384. The van der Waals surface area contributed by atoms with Crippen LogP contribution >= 0.6 is 0 Å². The quantitative estimate of drug-likeness (QED) is 0.176. The highest BCUT2D eigenvalue weighted by atomic mass is 32.2. The summed E-state index contributed by atoms with van der Waals surface area (Å²) in [5.41, 5.74) is 1.56. The van der Waals surface area contributed by atoms with Gasteiger partial charge in [0.2, 0.25) is 0 Å². The highest BCUT2D eigenvalue weighted by Crippen LogP contribution is 2.29. The first-order valence-electron chi connectivity index (χ1n) is 9.92. The zero-order valence-corrected chi connectivity index (χ0v) is 19.2. The number of hydrazone groups is 1. The van der Waals surface area contributed by atoms with Crippen LogP contribution in [0.4, 0.5) is 28.4 Å². The van der Waals surface area contributed by atoms with Gasteiger partial charge in [0.05, 0.1) is 32.2 Å². The Morgan fingerprint density at radius 1 is 0.944 bits per heavy atom. The second-order valence-electron chi connectivity index (χ2n) is 7.05. The Morgan fingerprint density at radius 2 is 1.58 bits per heavy atom. The van der Waals surface area contributed by atoms with E-state index >= 15 is 0 Å². The molecule has 0 unspecified atom stereocenters. The molecule has 0 aliphatic carbocycles. The summed E-state index contributed by atoms with van der Waals surface area (Å²) in [6.07, 6.45) is 1.20. The number of anilines is 3. The summed E-state index contributed by atoms with van der Waals surface area (Å²) in [5, 5.41) is 38.5. The third kappa shape index (κ3) is 5.71. The van der Waals surface area contributed by atoms with Crippen LogP contribution in [0.3, 0.4) is 0 Å². The minimum Gasteiger partial charge on any atom is -0.478 e. The number of carboxylic acids is 1. The summed E-state index contributed by atoms with van der Waals surface area (Å²) in [6, 6.07) is 12.5. The van der Waals surface area contributed by atoms with E-state index in [1.165, 1.54) is 55.7 Å². The van der Waals surface area contributed by atoms with Crippen LogP contribution < -0.4 is 15.5 Å². The topological polar surface area (TPSA) is 206 Å². The zero-order valence-electron chi connectivity index (χ0n) is 18.4. The number of aromatic carboxylic acids is 1. The Balaban J connectivity index is 1.87. The van der Waals surface area contributed by atoms with Crippen molar-refractivity contribution in [1.29, 1.82) is 0 Å². The number of nitro benzene ring substituents is 2. The molecule has 0 saturated carbocycles. The van der Waals surface area contributed by atoms with Crippen LogP contribution in [-0.4, -0.2) is 42.6 Å². The standard InChI is InChI=1S/C21H18N6O8S/c1-22-17-8-6-13(10-19(17)26(30)31)12-23-24-18-9-7-14(11-20(18)27(32)33)36(34,35)25-16-5-3-2-4-15(16)21(28)29/h2-12,22,24-25H,1H3,(H,28,29). The van der Waals surface area contributed by atoms with Crippen molar-refractivity contribution in [3.8, 4) is 0 Å². The fourth-order valence-electron chi connectivity index (χ4n) is 3.05. The lowest BCUT2D eigenvalue weighted by Gasteiger charge is -2.11. The fraction of sp³-hybridized carbons (Fsp3) is 0.0476. The Morgan fingerprint density at radius 3 is 2.22 bits per heavy atom. The summed E-state index contributed by atoms with van der Waals surface area (Å²) >= 11 is 0. The molecule has 0 fully saturated rings. The number of nitro groups is 2. The fourth-order valence-corrected chi connectivity index (χ4v) is 4.15. The van der Waals surface area contributed by atoms with E-state index in [1.54, 1.807) is 0 Å². The van der Waals surface area contributed by atoms with E-state index in [2.05, 4.69) is 20.6 Å². The number of benzene rings is 3. The van der Waals surface area contributed by atoms with Gasteiger partial charge in [0.15, 0.2) is 0 Å². The number of hydrogen-bond donors (Lipinski definition) is 4. The van der Waals surface area contributed by atoms with Gasteiger partial charge < -0.3 is 10.4 Å². The van der Waals surface area contributed by atoms with E-state index in [1.807, 2.05) is 0 Å². The van der Waals surface area contributed by atoms with E-state index in [4.69, 9.17) is 0 Å². The second-order valence-corrected chi connectivity index (χ2v) is 8.73. The van der Waals surface area contributed by atoms with E-state index in [9.17, 15) is 38.5 Å². The molecule has 0 radical (unpaired) electrons. The molecule has 186 valence electrons. The van der Waals surface area contributed by atoms with Crippen molar-refractivity contribution < 1.29 is 28.2 Å². The number of rotatable bonds is 10. The minimum atomic E-state index is -4.38. The van der Waals surface area contributed by atoms with Crippen LogP contribution in [0, 0.1) is 20.2 Å². The molecule has 0 amide bonds. The molecule has 0 atom stereocenters. The Hall–Kier alpha value is -5.05. The van der Waals surface area contributed by atoms with Gasteiger partial charge >= 0.3 is 5.97 Å². The van der Waals surface area contributed by atoms with Gasteiger partial charge in [0.25, 0.3) is 21.4 Å². The van der Waals surface area contributed by atoms with Crippen molar-refractivity contribution in [1.82, 2.24) is 0 Å². The number of sulfonamides is 1. The third-order valence-electron chi connectivity index (χ3n) is 4.76. The van der Waals surface area contributed by atoms with Crippen LogP contribution in [0.2, 0.25) is 0 Å². The molecule has 36 heavy (non-hydrogen) atoms. The maximum absolute atomic E-state index is 12.8. The summed E-state index contributed by atoms with van der Waals surface area (Å²) < 4.78 is 27.6. The smallest absolute Gasteiger partial charge is 0.337 e. The number of hydrogen-bond acceptors (Lipinski definition) is 10. The maximum Gasteiger partial charge on any atom is 0.337 e. The first-order valence-corrected chi connectivity index (χ1v) is 11.4. The van der Waals surface area contributed by atoms with Crippen LogP contribution in [0.5, 0.6) is 0 Å². The van der Waals surface area contributed by atoms with Crippen LogP contribution in [-0.2, 0) is 10.0 Å². The van der Waals surface area contributed by atoms with E-state index < -0.39 is 36.4 Å². The van der Waals surface area contributed by atoms with Gasteiger partial charge in [-0.25, -0.2) is 13.2 Å². The highest BCUT2D eigenvalue weighted by molar-refractivity contribution is 7.92. The summed E-state index contributed by atoms with van der Waals surface area (Å²) in [5.74, 6) is -1.36. The summed E-state index contributed by atoms with van der Waals surface area (Å²) in [4.78, 5) is 32.2. The largest absolute Gasteiger partial charge is 0.478 e. The second kappa shape index (κ2) is 10.5. The van der Waals surface area contributed by atoms with Gasteiger partial charge in [0.1, 0.15) is 11.4 Å². The van der Waals surface area contributed by atoms with Gasteiger partial charge in [-0.05, 0) is 30.3 Å². The lowest BCUT2D eigenvalue weighted by Crippen LogP contribution is -2.16. The van der Waals surface area contributed by atoms with E-state index in [0.29, 0.717) is 5.56 Å². The van der Waals surface area contributed by atoms with Gasteiger partial charge in [-0.3, -0.25) is 30.4 Å². The SMILES string of the molecule is CNc1ccc(C=NNc2ccc(S(=O)(=O)Nc3ccccc3C(=O)O)cc2[N+](=O)[O-])cc1[N+](=O)[O-]. The highest BCUT2D eigenvalue weighted by Gasteiger charge is 2.23. The Kier molecular flexibility index (Phi) is 7.44. The predicted molar refractivity (Wildman–Crippen MR) is 131 cm³/mol. The molecular formula is C21H18N6O8S. The lowest BCUT2D eigenvalue weighted by atomic mass is 10.2. The maximum atomic E-state index is 12.8. The number of para-hydroxylation sites is 1. The van der Waals surface area contributed by atoms with Crippen molar-refractivity contribution in [3.63, 3.8) is 0 Å². The molecule has 0 bridgehead atoms. The van der Waals surface area contributed by atoms with Gasteiger partial charge in [-0.1, -0.05) is 18.2 Å². The average molecular weight is 514 g/mol. The number of nitrogens with zero attached hydrogens (tertiary/aromatic N) is 3. The normalized spacial score (nSPS) is 11.1. The van der Waals surface area contributed by atoms with Crippen molar-refractivity contribution in [2.24, 2.45) is 5.10 Å². The first-order chi connectivity index (χ1) is 17.0. The van der Waals surface area contributed by atoms with Crippen molar-refractivity contribution in [2.45, 2.75) is 4.90 Å². The van der Waals surface area contributed by atoms with Crippen molar-refractivity contribution >= 4 is 50.6 Å². The summed E-state index contributed by atoms with van der Waals surface area (Å²) in [7, 11) is -2.85. The molecule has 3 aromatic rings. The van der Waals surface area contributed by atoms with Crippen LogP contribution in [0.25, 0.3) is 0 Å². The van der Waals surface area contributed by atoms with E-state index in [-0.39, 0.29) is 28.3 Å². The third-order valence-corrected chi connectivity index (χ3v) is 6.13. The van der Waals surface area contributed by atoms with Crippen molar-refractivity contribution in [3.05, 3.63) is 92.0 Å². The Labute approximate surface area is 203 Å². The predicted octanol–water partition coefficient (Wildman–Crippen LogP) is 3.49. The van der Waals surface area contributed by atoms with Gasteiger partial charge in [0, 0.05) is 24.7 Å². The Bertz CT molecular complexity index is 1490. The van der Waals surface area contributed by atoms with E-state index in [0.717, 1.165) is 18.2 Å². The molecule has 0 aromatic heterocycles. The monoisotopic (exact) mass is 514 g/mol. The summed E-state index contributed by atoms with van der Waals surface area (Å²) in [6.45, 7) is 0. The first kappa shape index (κ1) is 25.6. The zero-order chi connectivity index (χ0) is 26.5. The van der Waals surface area contributed by atoms with Crippen LogP contribution in [0.15, 0.2) is 70.7 Å². The minimum absolute atomic E-state index is 0.150. The molecule has 0 heterocycles. The molecule has 3 aromatic carbocycles. The average Bonchev–Trinajstić information content (AvgIpc) is 2.83. The van der Waals surface area contributed by atoms with Gasteiger partial charge in [-0.15, -0.1) is 0 Å². The molecule has 15 heteroatoms. The molecular weight excluding hydrogens is 496 g/mol. The molecule has 0 aliphatic heterocycles. The molecule has 0 aliphatic rings.